The van der Waals surface area contributed by atoms with Crippen LogP contribution in [0.3, 0.4) is 0 Å². The number of hydrogen-bond acceptors (Lipinski definition) is 3. The first-order valence-corrected chi connectivity index (χ1v) is 4.74. The molecule has 72 valence electrons. The Balaban J connectivity index is 2.65. The molecule has 1 atom stereocenters. The van der Waals surface area contributed by atoms with Gasteiger partial charge >= 0.3 is 0 Å². The van der Waals surface area contributed by atoms with Crippen LogP contribution in [0.1, 0.15) is 35.6 Å². The van der Waals surface area contributed by atoms with Gasteiger partial charge in [-0.3, -0.25) is 0 Å². The highest BCUT2D eigenvalue weighted by atomic mass is 16.3. The molecule has 0 fully saturated rings. The molecule has 0 amide bonds. The lowest BCUT2D eigenvalue weighted by atomic mass is 9.85. The summed E-state index contributed by atoms with van der Waals surface area (Å²) in [6.45, 7) is 0. The number of phenols is 1. The molecular weight excluding hydrogens is 176 g/mol. The minimum atomic E-state index is -0.0968. The van der Waals surface area contributed by atoms with Crippen LogP contribution in [0.5, 0.6) is 5.75 Å². The highest BCUT2D eigenvalue weighted by Crippen LogP contribution is 2.34. The molecule has 1 unspecified atom stereocenters. The molecule has 2 rings (SSSR count). The summed E-state index contributed by atoms with van der Waals surface area (Å²) in [6.07, 6.45) is 2.91. The molecule has 3 heteroatoms. The first kappa shape index (κ1) is 9.04. The molecule has 14 heavy (non-hydrogen) atoms. The maximum Gasteiger partial charge on any atom is 0.133 e. The van der Waals surface area contributed by atoms with Crippen molar-refractivity contribution in [3.63, 3.8) is 0 Å². The van der Waals surface area contributed by atoms with Crippen molar-refractivity contribution in [3.05, 3.63) is 28.8 Å². The quantitative estimate of drug-likeness (QED) is 0.649. The third-order valence-corrected chi connectivity index (χ3v) is 2.76. The first-order valence-electron chi connectivity index (χ1n) is 4.74. The fourth-order valence-electron chi connectivity index (χ4n) is 2.07. The predicted octanol–water partition coefficient (Wildman–Crippen LogP) is 1.60. The van der Waals surface area contributed by atoms with Gasteiger partial charge in [-0.05, 0) is 36.5 Å². The largest absolute Gasteiger partial charge is 0.507 e. The predicted molar refractivity (Wildman–Crippen MR) is 52.7 cm³/mol. The molecule has 0 aromatic heterocycles. The number of aryl methyl sites for hydroxylation is 1. The Labute approximate surface area is 82.8 Å². The summed E-state index contributed by atoms with van der Waals surface area (Å²) in [7, 11) is 0. The van der Waals surface area contributed by atoms with Gasteiger partial charge in [-0.25, -0.2) is 0 Å². The molecule has 1 aliphatic rings. The van der Waals surface area contributed by atoms with Crippen molar-refractivity contribution in [2.24, 2.45) is 5.73 Å². The zero-order valence-electron chi connectivity index (χ0n) is 7.83. The van der Waals surface area contributed by atoms with Crippen molar-refractivity contribution < 1.29 is 5.11 Å². The van der Waals surface area contributed by atoms with E-state index in [2.05, 4.69) is 0 Å². The zero-order valence-corrected chi connectivity index (χ0v) is 7.83. The van der Waals surface area contributed by atoms with E-state index in [9.17, 15) is 5.11 Å². The molecule has 0 saturated heterocycles. The first-order chi connectivity index (χ1) is 6.74. The lowest BCUT2D eigenvalue weighted by molar-refractivity contribution is 0.468. The number of hydrogen-bond donors (Lipinski definition) is 2. The smallest absolute Gasteiger partial charge is 0.133 e. The third-order valence-electron chi connectivity index (χ3n) is 2.76. The maximum absolute atomic E-state index is 9.51. The molecule has 0 spiro atoms. The minimum Gasteiger partial charge on any atom is -0.507 e. The van der Waals surface area contributed by atoms with Gasteiger partial charge in [-0.15, -0.1) is 0 Å². The van der Waals surface area contributed by atoms with Crippen LogP contribution in [0.4, 0.5) is 0 Å². The topological polar surface area (TPSA) is 70.0 Å². The number of fused-ring (bicyclic) bond motifs is 1. The molecule has 3 nitrogen and oxygen atoms in total. The van der Waals surface area contributed by atoms with Crippen molar-refractivity contribution >= 4 is 0 Å². The Hall–Kier alpha value is -1.53. The second-order valence-electron chi connectivity index (χ2n) is 3.64. The van der Waals surface area contributed by atoms with E-state index < -0.39 is 0 Å². The standard InChI is InChI=1S/C11H12N2O/c12-6-8-10(14)5-4-7-2-1-3-9(13)11(7)8/h4-5,9,14H,1-3,13H2. The molecule has 1 aliphatic carbocycles. The van der Waals surface area contributed by atoms with Crippen molar-refractivity contribution in [2.75, 3.05) is 0 Å². The Morgan fingerprint density at radius 2 is 2.29 bits per heavy atom. The Morgan fingerprint density at radius 1 is 1.50 bits per heavy atom. The monoisotopic (exact) mass is 188 g/mol. The summed E-state index contributed by atoms with van der Waals surface area (Å²) in [6, 6.07) is 5.37. The highest BCUT2D eigenvalue weighted by molar-refractivity contribution is 5.53. The number of aromatic hydroxyl groups is 1. The zero-order chi connectivity index (χ0) is 10.1. The Bertz CT molecular complexity index is 406. The number of nitrogens with two attached hydrogens (primary N) is 1. The molecular formula is C11H12N2O. The Kier molecular flexibility index (Phi) is 2.14. The van der Waals surface area contributed by atoms with Crippen molar-refractivity contribution in [1.82, 2.24) is 0 Å². The average molecular weight is 188 g/mol. The SMILES string of the molecule is N#Cc1c(O)ccc2c1C(N)CCC2. The van der Waals surface area contributed by atoms with Crippen LogP contribution in [0.15, 0.2) is 12.1 Å². The van der Waals surface area contributed by atoms with Crippen molar-refractivity contribution in [2.45, 2.75) is 25.3 Å². The van der Waals surface area contributed by atoms with Gasteiger partial charge in [0.05, 0.1) is 5.56 Å². The van der Waals surface area contributed by atoms with Crippen LogP contribution in [0.2, 0.25) is 0 Å². The van der Waals surface area contributed by atoms with E-state index in [1.54, 1.807) is 6.07 Å². The summed E-state index contributed by atoms with van der Waals surface area (Å²) >= 11 is 0. The van der Waals surface area contributed by atoms with Crippen LogP contribution in [0, 0.1) is 11.3 Å². The fourth-order valence-corrected chi connectivity index (χ4v) is 2.07. The van der Waals surface area contributed by atoms with Gasteiger partial charge in [0.2, 0.25) is 0 Å². The molecule has 0 aliphatic heterocycles. The summed E-state index contributed by atoms with van der Waals surface area (Å²) < 4.78 is 0. The lowest BCUT2D eigenvalue weighted by Gasteiger charge is -2.23. The summed E-state index contributed by atoms with van der Waals surface area (Å²) in [4.78, 5) is 0. The summed E-state index contributed by atoms with van der Waals surface area (Å²) in [5.41, 5.74) is 8.24. The van der Waals surface area contributed by atoms with Gasteiger partial charge in [0, 0.05) is 6.04 Å². The van der Waals surface area contributed by atoms with Gasteiger partial charge < -0.3 is 10.8 Å². The summed E-state index contributed by atoms with van der Waals surface area (Å²) in [5.74, 6) is 0.0450. The number of nitriles is 1. The van der Waals surface area contributed by atoms with E-state index in [0.29, 0.717) is 5.56 Å². The van der Waals surface area contributed by atoms with Crippen LogP contribution in [-0.2, 0) is 6.42 Å². The van der Waals surface area contributed by atoms with Gasteiger partial charge in [0.1, 0.15) is 11.8 Å². The molecule has 1 aromatic carbocycles. The molecule has 0 bridgehead atoms. The van der Waals surface area contributed by atoms with E-state index in [1.807, 2.05) is 12.1 Å². The van der Waals surface area contributed by atoms with Crippen molar-refractivity contribution in [3.8, 4) is 11.8 Å². The maximum atomic E-state index is 9.51. The highest BCUT2D eigenvalue weighted by Gasteiger charge is 2.22. The fraction of sp³-hybridized carbons (Fsp3) is 0.364. The summed E-state index contributed by atoms with van der Waals surface area (Å²) in [5, 5.41) is 18.4. The Morgan fingerprint density at radius 3 is 3.00 bits per heavy atom. The van der Waals surface area contributed by atoms with Crippen molar-refractivity contribution in [1.29, 1.82) is 5.26 Å². The second-order valence-corrected chi connectivity index (χ2v) is 3.64. The van der Waals surface area contributed by atoms with Gasteiger partial charge in [0.25, 0.3) is 0 Å². The minimum absolute atomic E-state index is 0.0450. The normalized spacial score (nSPS) is 19.9. The van der Waals surface area contributed by atoms with Crippen LogP contribution >= 0.6 is 0 Å². The average Bonchev–Trinajstić information content (AvgIpc) is 2.19. The number of phenolic OH excluding ortho intramolecular Hbond substituents is 1. The van der Waals surface area contributed by atoms with Gasteiger partial charge in [-0.2, -0.15) is 5.26 Å². The van der Waals surface area contributed by atoms with E-state index in [4.69, 9.17) is 11.0 Å². The number of rotatable bonds is 0. The third kappa shape index (κ3) is 1.24. The molecule has 0 heterocycles. The van der Waals surface area contributed by atoms with Crippen LogP contribution < -0.4 is 5.73 Å². The van der Waals surface area contributed by atoms with E-state index in [-0.39, 0.29) is 11.8 Å². The van der Waals surface area contributed by atoms with Crippen LogP contribution in [0.25, 0.3) is 0 Å². The molecule has 0 radical (unpaired) electrons. The molecule has 3 N–H and O–H groups in total. The van der Waals surface area contributed by atoms with Gasteiger partial charge in [-0.1, -0.05) is 6.07 Å². The second kappa shape index (κ2) is 3.32. The number of benzene rings is 1. The molecule has 1 aromatic rings. The number of nitrogens with zero attached hydrogens (tertiary/aromatic N) is 1. The lowest BCUT2D eigenvalue weighted by Crippen LogP contribution is -2.18. The van der Waals surface area contributed by atoms with E-state index >= 15 is 0 Å². The van der Waals surface area contributed by atoms with E-state index in [1.165, 1.54) is 0 Å². The van der Waals surface area contributed by atoms with Crippen LogP contribution in [-0.4, -0.2) is 5.11 Å². The van der Waals surface area contributed by atoms with E-state index in [0.717, 1.165) is 30.4 Å². The van der Waals surface area contributed by atoms with Gasteiger partial charge in [0.15, 0.2) is 0 Å². The molecule has 0 saturated carbocycles.